The van der Waals surface area contributed by atoms with E-state index < -0.39 is 0 Å². The summed E-state index contributed by atoms with van der Waals surface area (Å²) in [5, 5.41) is 12.3. The van der Waals surface area contributed by atoms with Crippen LogP contribution in [0.3, 0.4) is 0 Å². The summed E-state index contributed by atoms with van der Waals surface area (Å²) in [4.78, 5) is 19.0. The average molecular weight is 329 g/mol. The summed E-state index contributed by atoms with van der Waals surface area (Å²) >= 11 is 11.9. The molecule has 0 amide bonds. The van der Waals surface area contributed by atoms with Crippen LogP contribution in [0.25, 0.3) is 10.9 Å². The number of phenolic OH excluding ortho intramolecular Hbond substituents is 1. The zero-order chi connectivity index (χ0) is 15.1. The van der Waals surface area contributed by atoms with Gasteiger partial charge >= 0.3 is 0 Å². The molecule has 0 bridgehead atoms. The second-order valence-corrected chi connectivity index (χ2v) is 5.88. The fraction of sp³-hybridized carbons (Fsp3) is 0.385. The van der Waals surface area contributed by atoms with Crippen LogP contribution in [0.5, 0.6) is 5.75 Å². The maximum Gasteiger partial charge on any atom is 0.281 e. The Morgan fingerprint density at radius 1 is 1.19 bits per heavy atom. The number of piperazine rings is 1. The van der Waals surface area contributed by atoms with Gasteiger partial charge in [-0.3, -0.25) is 4.79 Å². The van der Waals surface area contributed by atoms with Crippen LogP contribution in [0.4, 0.5) is 0 Å². The Morgan fingerprint density at radius 2 is 1.86 bits per heavy atom. The fourth-order valence-electron chi connectivity index (χ4n) is 2.42. The van der Waals surface area contributed by atoms with Gasteiger partial charge in [-0.1, -0.05) is 23.2 Å². The van der Waals surface area contributed by atoms with Crippen LogP contribution in [0, 0.1) is 0 Å². The summed E-state index contributed by atoms with van der Waals surface area (Å²) in [7, 11) is 2.04. The van der Waals surface area contributed by atoms with Gasteiger partial charge in [-0.25, -0.2) is 9.66 Å². The molecular weight excluding hydrogens is 315 g/mol. The molecule has 1 fully saturated rings. The highest BCUT2D eigenvalue weighted by molar-refractivity contribution is 6.39. The predicted octanol–water partition coefficient (Wildman–Crippen LogP) is 1.29. The Morgan fingerprint density at radius 3 is 2.52 bits per heavy atom. The van der Waals surface area contributed by atoms with Crippen LogP contribution in [0.1, 0.15) is 0 Å². The summed E-state index contributed by atoms with van der Waals surface area (Å²) in [6.07, 6.45) is 1.41. The van der Waals surface area contributed by atoms with Gasteiger partial charge in [0.1, 0.15) is 11.8 Å². The molecule has 112 valence electrons. The van der Waals surface area contributed by atoms with Gasteiger partial charge < -0.3 is 15.0 Å². The number of phenols is 1. The van der Waals surface area contributed by atoms with E-state index in [4.69, 9.17) is 23.2 Å². The molecule has 6 nitrogen and oxygen atoms in total. The van der Waals surface area contributed by atoms with Crippen molar-refractivity contribution in [3.63, 3.8) is 0 Å². The Labute approximate surface area is 131 Å². The average Bonchev–Trinajstić information content (AvgIpc) is 2.45. The number of hydrogen-bond acceptors (Lipinski definition) is 5. The molecule has 1 aliphatic heterocycles. The highest BCUT2D eigenvalue weighted by Gasteiger charge is 2.19. The summed E-state index contributed by atoms with van der Waals surface area (Å²) in [5.41, 5.74) is -0.176. The van der Waals surface area contributed by atoms with Gasteiger partial charge in [-0.2, -0.15) is 0 Å². The first-order valence-electron chi connectivity index (χ1n) is 6.51. The third-order valence-corrected chi connectivity index (χ3v) is 4.27. The third kappa shape index (κ3) is 2.43. The lowest BCUT2D eigenvalue weighted by molar-refractivity contribution is 0.285. The van der Waals surface area contributed by atoms with E-state index >= 15 is 0 Å². The molecule has 1 N–H and O–H groups in total. The minimum absolute atomic E-state index is 0.0803. The predicted molar refractivity (Wildman–Crippen MR) is 83.1 cm³/mol. The second-order valence-electron chi connectivity index (χ2n) is 5.06. The standard InChI is InChI=1S/C13H14Cl2N4O2/c1-17-2-4-18(5-3-17)19-7-16-11-10(13(19)21)8(14)6-9(15)12(11)20/h6-7,20H,2-5H2,1H3. The van der Waals surface area contributed by atoms with Crippen molar-refractivity contribution in [2.24, 2.45) is 0 Å². The highest BCUT2D eigenvalue weighted by atomic mass is 35.5. The van der Waals surface area contributed by atoms with E-state index in [1.54, 1.807) is 0 Å². The van der Waals surface area contributed by atoms with E-state index in [9.17, 15) is 9.90 Å². The summed E-state index contributed by atoms with van der Waals surface area (Å²) in [6, 6.07) is 1.36. The molecule has 2 aromatic rings. The number of nitrogens with zero attached hydrogens (tertiary/aromatic N) is 4. The maximum atomic E-state index is 12.6. The van der Waals surface area contributed by atoms with Crippen molar-refractivity contribution in [1.82, 2.24) is 14.6 Å². The summed E-state index contributed by atoms with van der Waals surface area (Å²) in [5.74, 6) is -0.223. The van der Waals surface area contributed by atoms with Crippen LogP contribution in [0.15, 0.2) is 17.2 Å². The SMILES string of the molecule is CN1CCN(n2cnc3c(O)c(Cl)cc(Cl)c3c2=O)CC1. The van der Waals surface area contributed by atoms with Crippen molar-refractivity contribution in [3.8, 4) is 5.75 Å². The monoisotopic (exact) mass is 328 g/mol. The first-order chi connectivity index (χ1) is 9.99. The van der Waals surface area contributed by atoms with Gasteiger partial charge in [0.05, 0.1) is 15.4 Å². The van der Waals surface area contributed by atoms with Crippen LogP contribution in [-0.2, 0) is 0 Å². The summed E-state index contributed by atoms with van der Waals surface area (Å²) in [6.45, 7) is 3.18. The quantitative estimate of drug-likeness (QED) is 0.854. The first-order valence-corrected chi connectivity index (χ1v) is 7.26. The van der Waals surface area contributed by atoms with E-state index in [-0.39, 0.29) is 32.3 Å². The topological polar surface area (TPSA) is 61.6 Å². The van der Waals surface area contributed by atoms with Crippen LogP contribution < -0.4 is 10.6 Å². The molecule has 8 heteroatoms. The molecule has 1 aromatic heterocycles. The Hall–Kier alpha value is -1.50. The second kappa shape index (κ2) is 5.36. The molecule has 1 aromatic carbocycles. The number of aromatic hydroxyl groups is 1. The van der Waals surface area contributed by atoms with E-state index in [0.717, 1.165) is 26.2 Å². The van der Waals surface area contributed by atoms with E-state index in [2.05, 4.69) is 9.88 Å². The summed E-state index contributed by atoms with van der Waals surface area (Å²) < 4.78 is 1.45. The zero-order valence-corrected chi connectivity index (χ0v) is 12.9. The third-order valence-electron chi connectivity index (χ3n) is 3.68. The molecule has 3 rings (SSSR count). The van der Waals surface area contributed by atoms with Gasteiger partial charge in [-0.15, -0.1) is 0 Å². The fourth-order valence-corrected chi connectivity index (χ4v) is 2.95. The van der Waals surface area contributed by atoms with E-state index in [1.165, 1.54) is 17.1 Å². The number of fused-ring (bicyclic) bond motifs is 1. The lowest BCUT2D eigenvalue weighted by atomic mass is 10.2. The van der Waals surface area contributed by atoms with Crippen molar-refractivity contribution in [1.29, 1.82) is 0 Å². The van der Waals surface area contributed by atoms with Gasteiger partial charge in [0.2, 0.25) is 0 Å². The van der Waals surface area contributed by atoms with E-state index in [1.807, 2.05) is 12.1 Å². The zero-order valence-electron chi connectivity index (χ0n) is 11.4. The van der Waals surface area contributed by atoms with Gasteiger partial charge in [0, 0.05) is 26.2 Å². The molecule has 0 saturated carbocycles. The largest absolute Gasteiger partial charge is 0.504 e. The molecule has 21 heavy (non-hydrogen) atoms. The van der Waals surface area contributed by atoms with Crippen molar-refractivity contribution >= 4 is 34.1 Å². The first kappa shape index (κ1) is 14.4. The van der Waals surface area contributed by atoms with Crippen molar-refractivity contribution < 1.29 is 5.11 Å². The van der Waals surface area contributed by atoms with Gasteiger partial charge in [-0.05, 0) is 13.1 Å². The minimum atomic E-state index is -0.304. The van der Waals surface area contributed by atoms with Crippen molar-refractivity contribution in [3.05, 3.63) is 32.8 Å². The molecule has 0 spiro atoms. The van der Waals surface area contributed by atoms with Crippen molar-refractivity contribution in [2.75, 3.05) is 38.2 Å². The van der Waals surface area contributed by atoms with E-state index in [0.29, 0.717) is 0 Å². The van der Waals surface area contributed by atoms with Gasteiger partial charge in [0.15, 0.2) is 5.75 Å². The minimum Gasteiger partial charge on any atom is -0.504 e. The Kier molecular flexibility index (Phi) is 3.69. The normalized spacial score (nSPS) is 16.6. The molecule has 2 heterocycles. The number of hydrogen-bond donors (Lipinski definition) is 1. The molecular formula is C13H14Cl2N4O2. The Bertz CT molecular complexity index is 754. The number of aromatic nitrogens is 2. The molecule has 1 aliphatic rings. The molecule has 0 radical (unpaired) electrons. The lowest BCUT2D eigenvalue weighted by Crippen LogP contribution is -2.53. The van der Waals surface area contributed by atoms with Crippen LogP contribution >= 0.6 is 23.2 Å². The maximum absolute atomic E-state index is 12.6. The molecule has 0 aliphatic carbocycles. The molecule has 0 unspecified atom stereocenters. The van der Waals surface area contributed by atoms with Gasteiger partial charge in [0.25, 0.3) is 5.56 Å². The Balaban J connectivity index is 2.15. The van der Waals surface area contributed by atoms with Crippen LogP contribution in [-0.4, -0.2) is 52.9 Å². The number of benzene rings is 1. The van der Waals surface area contributed by atoms with Crippen LogP contribution in [0.2, 0.25) is 10.0 Å². The number of halogens is 2. The number of rotatable bonds is 1. The molecule has 0 atom stereocenters. The highest BCUT2D eigenvalue weighted by Crippen LogP contribution is 2.34. The van der Waals surface area contributed by atoms with Crippen molar-refractivity contribution in [2.45, 2.75) is 0 Å². The molecule has 1 saturated heterocycles. The smallest absolute Gasteiger partial charge is 0.281 e. The number of likely N-dealkylation sites (N-methyl/N-ethyl adjacent to an activating group) is 1. The lowest BCUT2D eigenvalue weighted by Gasteiger charge is -2.34.